The molecule has 3 amide bonds. The van der Waals surface area contributed by atoms with E-state index in [-0.39, 0.29) is 17.7 Å². The molecule has 1 aromatic carbocycles. The summed E-state index contributed by atoms with van der Waals surface area (Å²) in [7, 11) is 3.96. The molecule has 1 saturated heterocycles. The Morgan fingerprint density at radius 3 is 2.50 bits per heavy atom. The van der Waals surface area contributed by atoms with Gasteiger partial charge in [0.2, 0.25) is 5.91 Å². The molecule has 9 heteroatoms. The lowest BCUT2D eigenvalue weighted by Crippen LogP contribution is -2.55. The molecule has 1 aliphatic rings. The van der Waals surface area contributed by atoms with Crippen molar-refractivity contribution in [2.24, 2.45) is 5.92 Å². The van der Waals surface area contributed by atoms with E-state index in [1.165, 1.54) is 4.90 Å². The molecule has 8 nitrogen and oxygen atoms in total. The highest BCUT2D eigenvalue weighted by Gasteiger charge is 2.38. The van der Waals surface area contributed by atoms with E-state index in [2.05, 4.69) is 31.5 Å². The zero-order valence-electron chi connectivity index (χ0n) is 18.3. The number of ether oxygens (including phenoxy) is 1. The second-order valence-electron chi connectivity index (χ2n) is 8.67. The van der Waals surface area contributed by atoms with Crippen LogP contribution in [-0.2, 0) is 9.53 Å². The first-order valence-corrected chi connectivity index (χ1v) is 10.8. The minimum absolute atomic E-state index is 0.223. The molecule has 0 bridgehead atoms. The number of anilines is 1. The molecule has 166 valence electrons. The third-order valence-corrected chi connectivity index (χ3v) is 4.95. The number of benzene rings is 1. The summed E-state index contributed by atoms with van der Waals surface area (Å²) in [6.45, 7) is 7.41. The minimum atomic E-state index is -0.573. The van der Waals surface area contributed by atoms with E-state index >= 15 is 0 Å². The van der Waals surface area contributed by atoms with Gasteiger partial charge in [-0.1, -0.05) is 15.9 Å². The first-order valence-electron chi connectivity index (χ1n) is 9.97. The summed E-state index contributed by atoms with van der Waals surface area (Å²) in [4.78, 5) is 40.8. The largest absolute Gasteiger partial charge is 0.444 e. The topological polar surface area (TPSA) is 91.0 Å². The molecule has 1 aromatic rings. The highest BCUT2D eigenvalue weighted by atomic mass is 79.9. The fourth-order valence-corrected chi connectivity index (χ4v) is 3.22. The summed E-state index contributed by atoms with van der Waals surface area (Å²) in [5, 5.41) is 5.72. The van der Waals surface area contributed by atoms with Gasteiger partial charge in [0.15, 0.2) is 0 Å². The standard InChI is InChI=1S/C21H31BrN4O4/c1-21(2,3)30-20(29)26-12-14(13-26)18(27)24-17-8-7-15(22)11-16(17)19(28)23-9-6-10-25(4)5/h7-8,11,14H,6,9-10,12-13H2,1-5H3,(H,23,28)(H,24,27). The van der Waals surface area contributed by atoms with Crippen LogP contribution in [-0.4, -0.2) is 73.6 Å². The fourth-order valence-electron chi connectivity index (χ4n) is 2.86. The Bertz CT molecular complexity index is 786. The minimum Gasteiger partial charge on any atom is -0.444 e. The molecular formula is C21H31BrN4O4. The summed E-state index contributed by atoms with van der Waals surface area (Å²) >= 11 is 3.38. The molecule has 1 fully saturated rings. The number of hydrogen-bond acceptors (Lipinski definition) is 5. The Labute approximate surface area is 186 Å². The summed E-state index contributed by atoms with van der Waals surface area (Å²) in [6, 6.07) is 5.15. The van der Waals surface area contributed by atoms with Gasteiger partial charge in [-0.3, -0.25) is 9.59 Å². The molecule has 0 saturated carbocycles. The van der Waals surface area contributed by atoms with Gasteiger partial charge in [-0.25, -0.2) is 4.79 Å². The summed E-state index contributed by atoms with van der Waals surface area (Å²) in [6.07, 6.45) is 0.407. The van der Waals surface area contributed by atoms with Crippen molar-refractivity contribution in [1.82, 2.24) is 15.1 Å². The Morgan fingerprint density at radius 1 is 1.23 bits per heavy atom. The maximum absolute atomic E-state index is 12.6. The molecule has 0 spiro atoms. The van der Waals surface area contributed by atoms with Crippen molar-refractivity contribution in [3.8, 4) is 0 Å². The van der Waals surface area contributed by atoms with Crippen molar-refractivity contribution in [2.45, 2.75) is 32.8 Å². The van der Waals surface area contributed by atoms with Gasteiger partial charge < -0.3 is 25.2 Å². The van der Waals surface area contributed by atoms with Crippen LogP contribution in [0.15, 0.2) is 22.7 Å². The van der Waals surface area contributed by atoms with Gasteiger partial charge in [0.25, 0.3) is 5.91 Å². The van der Waals surface area contributed by atoms with Gasteiger partial charge in [0.05, 0.1) is 17.2 Å². The number of carbonyl (C=O) groups excluding carboxylic acids is 3. The van der Waals surface area contributed by atoms with Crippen molar-refractivity contribution in [3.63, 3.8) is 0 Å². The van der Waals surface area contributed by atoms with Crippen molar-refractivity contribution in [3.05, 3.63) is 28.2 Å². The molecule has 0 aliphatic carbocycles. The smallest absolute Gasteiger partial charge is 0.410 e. The monoisotopic (exact) mass is 482 g/mol. The van der Waals surface area contributed by atoms with Crippen LogP contribution >= 0.6 is 15.9 Å². The van der Waals surface area contributed by atoms with Crippen LogP contribution in [0.1, 0.15) is 37.6 Å². The highest BCUT2D eigenvalue weighted by Crippen LogP contribution is 2.24. The Balaban J connectivity index is 1.93. The van der Waals surface area contributed by atoms with Crippen LogP contribution in [0.25, 0.3) is 0 Å². The van der Waals surface area contributed by atoms with Crippen LogP contribution in [0.4, 0.5) is 10.5 Å². The lowest BCUT2D eigenvalue weighted by molar-refractivity contribution is -0.124. The van der Waals surface area contributed by atoms with Gasteiger partial charge in [0, 0.05) is 24.1 Å². The van der Waals surface area contributed by atoms with Gasteiger partial charge in [-0.2, -0.15) is 0 Å². The Kier molecular flexibility index (Phi) is 8.25. The molecule has 1 aliphatic heterocycles. The van der Waals surface area contributed by atoms with Crippen LogP contribution in [0.5, 0.6) is 0 Å². The summed E-state index contributed by atoms with van der Waals surface area (Å²) in [5.74, 6) is -0.801. The first kappa shape index (κ1) is 24.1. The molecule has 2 rings (SSSR count). The predicted molar refractivity (Wildman–Crippen MR) is 120 cm³/mol. The normalized spacial score (nSPS) is 14.3. The number of hydrogen-bond donors (Lipinski definition) is 2. The first-order chi connectivity index (χ1) is 14.0. The van der Waals surface area contributed by atoms with E-state index in [9.17, 15) is 14.4 Å². The number of nitrogens with one attached hydrogen (secondary N) is 2. The van der Waals surface area contributed by atoms with Gasteiger partial charge in [0.1, 0.15) is 5.60 Å². The molecule has 30 heavy (non-hydrogen) atoms. The molecular weight excluding hydrogens is 452 g/mol. The number of carbonyl (C=O) groups is 3. The predicted octanol–water partition coefficient (Wildman–Crippen LogP) is 2.94. The van der Waals surface area contributed by atoms with E-state index in [1.807, 2.05) is 14.1 Å². The zero-order valence-corrected chi connectivity index (χ0v) is 19.8. The van der Waals surface area contributed by atoms with E-state index in [4.69, 9.17) is 4.74 Å². The average molecular weight is 483 g/mol. The number of halogens is 1. The quantitative estimate of drug-likeness (QED) is 0.582. The average Bonchev–Trinajstić information content (AvgIpc) is 2.57. The van der Waals surface area contributed by atoms with E-state index in [1.54, 1.807) is 39.0 Å². The molecule has 0 unspecified atom stereocenters. The van der Waals surface area contributed by atoms with Gasteiger partial charge in [-0.15, -0.1) is 0 Å². The number of nitrogens with zero attached hydrogens (tertiary/aromatic N) is 2. The van der Waals surface area contributed by atoms with E-state index in [0.717, 1.165) is 17.4 Å². The summed E-state index contributed by atoms with van der Waals surface area (Å²) < 4.78 is 6.06. The van der Waals surface area contributed by atoms with Crippen molar-refractivity contribution >= 4 is 39.5 Å². The summed E-state index contributed by atoms with van der Waals surface area (Å²) in [5.41, 5.74) is 0.270. The SMILES string of the molecule is CN(C)CCCNC(=O)c1cc(Br)ccc1NC(=O)C1CN(C(=O)OC(C)(C)C)C1. The van der Waals surface area contributed by atoms with Gasteiger partial charge >= 0.3 is 6.09 Å². The molecule has 0 atom stereocenters. The zero-order chi connectivity index (χ0) is 22.5. The fraction of sp³-hybridized carbons (Fsp3) is 0.571. The van der Waals surface area contributed by atoms with Crippen molar-refractivity contribution in [2.75, 3.05) is 45.6 Å². The lowest BCUT2D eigenvalue weighted by atomic mass is 9.99. The van der Waals surface area contributed by atoms with Crippen LogP contribution in [0.2, 0.25) is 0 Å². The maximum Gasteiger partial charge on any atom is 0.410 e. The van der Waals surface area contributed by atoms with E-state index < -0.39 is 11.7 Å². The molecule has 1 heterocycles. The number of amides is 3. The third kappa shape index (κ3) is 7.28. The maximum atomic E-state index is 12.6. The second-order valence-corrected chi connectivity index (χ2v) is 9.59. The Morgan fingerprint density at radius 2 is 1.90 bits per heavy atom. The molecule has 0 radical (unpaired) electrons. The van der Waals surface area contributed by atoms with Crippen LogP contribution in [0.3, 0.4) is 0 Å². The third-order valence-electron chi connectivity index (χ3n) is 4.46. The lowest BCUT2D eigenvalue weighted by Gasteiger charge is -2.38. The van der Waals surface area contributed by atoms with Crippen molar-refractivity contribution < 1.29 is 19.1 Å². The number of rotatable bonds is 7. The Hall–Kier alpha value is -2.13. The highest BCUT2D eigenvalue weighted by molar-refractivity contribution is 9.10. The molecule has 2 N–H and O–H groups in total. The van der Waals surface area contributed by atoms with Crippen LogP contribution in [0, 0.1) is 5.92 Å². The molecule has 0 aromatic heterocycles. The van der Waals surface area contributed by atoms with Crippen LogP contribution < -0.4 is 10.6 Å². The second kappa shape index (κ2) is 10.3. The number of likely N-dealkylation sites (tertiary alicyclic amines) is 1. The van der Waals surface area contributed by atoms with Gasteiger partial charge in [-0.05, 0) is 66.0 Å². The van der Waals surface area contributed by atoms with E-state index in [0.29, 0.717) is 30.9 Å². The van der Waals surface area contributed by atoms with Crippen molar-refractivity contribution in [1.29, 1.82) is 0 Å².